The van der Waals surface area contributed by atoms with E-state index < -0.39 is 34.5 Å². The Kier molecular flexibility index (Phi) is 3.56. The van der Waals surface area contributed by atoms with Gasteiger partial charge in [0.2, 0.25) is 11.6 Å². The highest BCUT2D eigenvalue weighted by atomic mass is 16.6. The molecule has 0 bridgehead atoms. The maximum Gasteiger partial charge on any atom is 0.342 e. The van der Waals surface area contributed by atoms with Gasteiger partial charge in [0.1, 0.15) is 22.6 Å². The summed E-state index contributed by atoms with van der Waals surface area (Å²) in [6, 6.07) is 2.84. The number of allylic oxidation sites excluding steroid dienone is 1. The zero-order chi connectivity index (χ0) is 18.5. The van der Waals surface area contributed by atoms with Crippen molar-refractivity contribution in [3.8, 4) is 11.5 Å². The van der Waals surface area contributed by atoms with Crippen LogP contribution in [-0.4, -0.2) is 47.6 Å². The minimum absolute atomic E-state index is 0.00555. The first-order valence-corrected chi connectivity index (χ1v) is 7.17. The number of methoxy groups -OCH3 is 2. The van der Waals surface area contributed by atoms with Crippen LogP contribution in [0, 0.1) is 6.92 Å². The maximum absolute atomic E-state index is 13.1. The Morgan fingerprint density at radius 2 is 1.88 bits per heavy atom. The number of hydrogen-bond donors (Lipinski definition) is 2. The zero-order valence-corrected chi connectivity index (χ0v) is 13.6. The highest BCUT2D eigenvalue weighted by Gasteiger charge is 2.62. The summed E-state index contributed by atoms with van der Waals surface area (Å²) in [4.78, 5) is 37.3. The summed E-state index contributed by atoms with van der Waals surface area (Å²) in [6.45, 7) is 1.67. The average molecular weight is 346 g/mol. The van der Waals surface area contributed by atoms with Gasteiger partial charge in [0.05, 0.1) is 14.2 Å². The number of fused-ring (bicyclic) bond motifs is 1. The first kappa shape index (κ1) is 16.6. The topological polar surface area (TPSA) is 119 Å². The normalized spacial score (nSPS) is 21.8. The first-order valence-electron chi connectivity index (χ1n) is 7.17. The zero-order valence-electron chi connectivity index (χ0n) is 13.6. The van der Waals surface area contributed by atoms with Gasteiger partial charge < -0.3 is 24.4 Å². The number of carbonyl (C=O) groups is 3. The van der Waals surface area contributed by atoms with E-state index in [1.807, 2.05) is 0 Å². The largest absolute Gasteiger partial charge is 0.507 e. The number of hydrogen-bond acceptors (Lipinski definition) is 8. The lowest BCUT2D eigenvalue weighted by Gasteiger charge is -2.32. The number of phenolic OH excluding ortho intramolecular Hbond substituents is 1. The predicted octanol–water partition coefficient (Wildman–Crippen LogP) is 1.11. The van der Waals surface area contributed by atoms with E-state index in [4.69, 9.17) is 9.47 Å². The lowest BCUT2D eigenvalue weighted by molar-refractivity contribution is -0.138. The SMILES string of the molecule is COC(=O)C1=C(O)C(=O)C=C(OC)[C@]12Oc1cc(C)cc(O)c1C2=O. The molecule has 0 saturated carbocycles. The second-order valence-electron chi connectivity index (χ2n) is 5.56. The summed E-state index contributed by atoms with van der Waals surface area (Å²) in [6.07, 6.45) is 0.857. The molecule has 3 rings (SSSR count). The van der Waals surface area contributed by atoms with E-state index in [0.717, 1.165) is 13.2 Å². The molecular weight excluding hydrogens is 332 g/mol. The summed E-state index contributed by atoms with van der Waals surface area (Å²) in [5.41, 5.74) is -2.52. The van der Waals surface area contributed by atoms with Gasteiger partial charge in [-0.15, -0.1) is 0 Å². The number of aryl methyl sites for hydroxylation is 1. The van der Waals surface area contributed by atoms with Crippen molar-refractivity contribution in [3.63, 3.8) is 0 Å². The number of aliphatic hydroxyl groups is 1. The maximum atomic E-state index is 13.1. The standard InChI is InChI=1S/C17H14O8/c1-7-4-8(18)12-10(5-7)25-17(15(12)21)11(23-2)6-9(19)14(20)13(17)16(22)24-3/h4-6,18,20H,1-3H3/t17-/m0/s1. The highest BCUT2D eigenvalue weighted by Crippen LogP contribution is 2.49. The Balaban J connectivity index is 2.33. The van der Waals surface area contributed by atoms with Gasteiger partial charge in [-0.1, -0.05) is 0 Å². The molecule has 0 saturated heterocycles. The molecule has 25 heavy (non-hydrogen) atoms. The molecule has 2 aliphatic rings. The Labute approximate surface area is 141 Å². The molecule has 1 atom stereocenters. The van der Waals surface area contributed by atoms with Crippen LogP contribution < -0.4 is 4.74 Å². The smallest absolute Gasteiger partial charge is 0.342 e. The van der Waals surface area contributed by atoms with Crippen molar-refractivity contribution >= 4 is 17.5 Å². The third-order valence-corrected chi connectivity index (χ3v) is 4.08. The van der Waals surface area contributed by atoms with E-state index in [2.05, 4.69) is 4.74 Å². The van der Waals surface area contributed by atoms with Crippen molar-refractivity contribution in [3.05, 3.63) is 46.4 Å². The molecule has 1 aliphatic heterocycles. The predicted molar refractivity (Wildman–Crippen MR) is 82.3 cm³/mol. The summed E-state index contributed by atoms with van der Waals surface area (Å²) in [7, 11) is 2.21. The molecule has 2 N–H and O–H groups in total. The quantitative estimate of drug-likeness (QED) is 0.764. The molecule has 130 valence electrons. The van der Waals surface area contributed by atoms with Crippen molar-refractivity contribution in [2.75, 3.05) is 14.2 Å². The number of aromatic hydroxyl groups is 1. The molecule has 0 fully saturated rings. The Morgan fingerprint density at radius 3 is 2.48 bits per heavy atom. The van der Waals surface area contributed by atoms with Crippen molar-refractivity contribution < 1.29 is 38.8 Å². The van der Waals surface area contributed by atoms with Crippen molar-refractivity contribution in [1.82, 2.24) is 0 Å². The number of ether oxygens (including phenoxy) is 3. The third-order valence-electron chi connectivity index (χ3n) is 4.08. The van der Waals surface area contributed by atoms with Crippen LogP contribution in [0.15, 0.2) is 35.3 Å². The number of Topliss-reactive ketones (excluding diaryl/α,β-unsaturated/α-hetero) is 1. The minimum Gasteiger partial charge on any atom is -0.507 e. The van der Waals surface area contributed by atoms with Crippen molar-refractivity contribution in [2.24, 2.45) is 0 Å². The van der Waals surface area contributed by atoms with Gasteiger partial charge in [0, 0.05) is 6.08 Å². The molecule has 1 spiro atoms. The molecule has 0 aromatic heterocycles. The van der Waals surface area contributed by atoms with E-state index in [0.29, 0.717) is 5.56 Å². The molecule has 0 amide bonds. The Morgan fingerprint density at radius 1 is 1.20 bits per heavy atom. The monoisotopic (exact) mass is 346 g/mol. The fourth-order valence-corrected chi connectivity index (χ4v) is 3.00. The molecule has 1 aromatic carbocycles. The summed E-state index contributed by atoms with van der Waals surface area (Å²) in [5.74, 6) is -4.56. The van der Waals surface area contributed by atoms with E-state index >= 15 is 0 Å². The van der Waals surface area contributed by atoms with Gasteiger partial charge in [0.15, 0.2) is 11.5 Å². The van der Waals surface area contributed by atoms with Crippen LogP contribution in [0.4, 0.5) is 0 Å². The molecule has 1 aliphatic carbocycles. The highest BCUT2D eigenvalue weighted by molar-refractivity contribution is 6.22. The van der Waals surface area contributed by atoms with Gasteiger partial charge >= 0.3 is 5.97 Å². The fourth-order valence-electron chi connectivity index (χ4n) is 3.00. The summed E-state index contributed by atoms with van der Waals surface area (Å²) in [5, 5.41) is 20.3. The Hall–Kier alpha value is -3.29. The molecule has 8 nitrogen and oxygen atoms in total. The number of rotatable bonds is 2. The number of phenols is 1. The lowest BCUT2D eigenvalue weighted by atomic mass is 9.80. The summed E-state index contributed by atoms with van der Waals surface area (Å²) < 4.78 is 15.4. The van der Waals surface area contributed by atoms with Gasteiger partial charge in [-0.05, 0) is 24.6 Å². The number of carbonyl (C=O) groups excluding carboxylic acids is 3. The van der Waals surface area contributed by atoms with Gasteiger partial charge in [0.25, 0.3) is 5.60 Å². The molecule has 0 unspecified atom stereocenters. The van der Waals surface area contributed by atoms with Crippen LogP contribution in [0.25, 0.3) is 0 Å². The van der Waals surface area contributed by atoms with E-state index in [1.54, 1.807) is 6.92 Å². The van der Waals surface area contributed by atoms with Crippen LogP contribution in [0.5, 0.6) is 11.5 Å². The van der Waals surface area contributed by atoms with E-state index in [1.165, 1.54) is 19.2 Å². The second-order valence-corrected chi connectivity index (χ2v) is 5.56. The number of benzene rings is 1. The summed E-state index contributed by atoms with van der Waals surface area (Å²) >= 11 is 0. The Bertz CT molecular complexity index is 892. The van der Waals surface area contributed by atoms with Crippen LogP contribution in [0.1, 0.15) is 15.9 Å². The lowest BCUT2D eigenvalue weighted by Crippen LogP contribution is -2.50. The minimum atomic E-state index is -2.24. The molecule has 8 heteroatoms. The molecule has 1 heterocycles. The van der Waals surface area contributed by atoms with Crippen molar-refractivity contribution in [1.29, 1.82) is 0 Å². The number of aliphatic hydroxyl groups excluding tert-OH is 1. The molecule has 1 aromatic rings. The van der Waals surface area contributed by atoms with E-state index in [-0.39, 0.29) is 22.8 Å². The third kappa shape index (κ3) is 2.03. The average Bonchev–Trinajstić information content (AvgIpc) is 2.84. The van der Waals surface area contributed by atoms with Crippen LogP contribution in [0.2, 0.25) is 0 Å². The second kappa shape index (κ2) is 5.37. The fraction of sp³-hybridized carbons (Fsp3) is 0.235. The molecule has 0 radical (unpaired) electrons. The van der Waals surface area contributed by atoms with Gasteiger partial charge in [-0.3, -0.25) is 9.59 Å². The van der Waals surface area contributed by atoms with Crippen LogP contribution in [0.3, 0.4) is 0 Å². The van der Waals surface area contributed by atoms with Gasteiger partial charge in [-0.2, -0.15) is 0 Å². The number of ketones is 2. The number of esters is 1. The molecular formula is C17H14O8. The van der Waals surface area contributed by atoms with Gasteiger partial charge in [-0.25, -0.2) is 4.79 Å². The van der Waals surface area contributed by atoms with E-state index in [9.17, 15) is 24.6 Å². The van der Waals surface area contributed by atoms with Crippen LogP contribution in [-0.2, 0) is 19.1 Å². The first-order chi connectivity index (χ1) is 11.8. The van der Waals surface area contributed by atoms with Crippen molar-refractivity contribution in [2.45, 2.75) is 12.5 Å². The van der Waals surface area contributed by atoms with Crippen LogP contribution >= 0.6 is 0 Å².